The van der Waals surface area contributed by atoms with Crippen LogP contribution in [0.4, 0.5) is 10.8 Å². The Kier molecular flexibility index (Phi) is 7.47. The van der Waals surface area contributed by atoms with Crippen LogP contribution < -0.4 is 15.4 Å². The summed E-state index contributed by atoms with van der Waals surface area (Å²) < 4.78 is 11.8. The molecular weight excluding hydrogens is 512 g/mol. The number of hydrogen-bond donors (Lipinski definition) is 2. The summed E-state index contributed by atoms with van der Waals surface area (Å²) in [5.41, 5.74) is 12.2. The normalized spacial score (nSPS) is 23.2. The van der Waals surface area contributed by atoms with Crippen molar-refractivity contribution < 1.29 is 19.4 Å². The molecule has 3 N–H and O–H groups in total. The van der Waals surface area contributed by atoms with E-state index in [9.17, 15) is 9.90 Å². The Morgan fingerprint density at radius 3 is 2.64 bits per heavy atom. The third-order valence-electron chi connectivity index (χ3n) is 8.46. The van der Waals surface area contributed by atoms with Crippen LogP contribution in [0.5, 0.6) is 5.75 Å². The number of carbonyl (C=O) groups is 1. The number of morpholine rings is 1. The Hall–Kier alpha value is -3.14. The third kappa shape index (κ3) is 5.62. The summed E-state index contributed by atoms with van der Waals surface area (Å²) in [4.78, 5) is 21.4. The zero-order valence-corrected chi connectivity index (χ0v) is 23.2. The van der Waals surface area contributed by atoms with E-state index < -0.39 is 5.97 Å². The second-order valence-corrected chi connectivity index (χ2v) is 11.9. The molecule has 2 atom stereocenters. The third-order valence-corrected chi connectivity index (χ3v) is 9.36. The Morgan fingerprint density at radius 2 is 1.92 bits per heavy atom. The van der Waals surface area contributed by atoms with E-state index in [4.69, 9.17) is 20.2 Å². The molecule has 39 heavy (non-hydrogen) atoms. The van der Waals surface area contributed by atoms with Crippen LogP contribution in [0, 0.1) is 24.7 Å². The number of aliphatic carboxylic acids is 1. The zero-order valence-electron chi connectivity index (χ0n) is 22.3. The van der Waals surface area contributed by atoms with E-state index in [0.29, 0.717) is 12.3 Å². The van der Waals surface area contributed by atoms with Crippen LogP contribution in [0.15, 0.2) is 41.8 Å². The van der Waals surface area contributed by atoms with Crippen LogP contribution in [0.3, 0.4) is 0 Å². The summed E-state index contributed by atoms with van der Waals surface area (Å²) in [7, 11) is 0. The highest BCUT2D eigenvalue weighted by molar-refractivity contribution is 7.14. The summed E-state index contributed by atoms with van der Waals surface area (Å²) in [6.07, 6.45) is 1.97. The Bertz CT molecular complexity index is 1320. The van der Waals surface area contributed by atoms with Gasteiger partial charge >= 0.3 is 5.97 Å². The van der Waals surface area contributed by atoms with E-state index in [1.54, 1.807) is 11.3 Å². The highest BCUT2D eigenvalue weighted by Crippen LogP contribution is 2.44. The monoisotopic (exact) mass is 548 g/mol. The Balaban J connectivity index is 1.15. The van der Waals surface area contributed by atoms with E-state index in [0.717, 1.165) is 86.5 Å². The number of thiazole rings is 1. The van der Waals surface area contributed by atoms with Crippen LogP contribution >= 0.6 is 11.3 Å². The lowest BCUT2D eigenvalue weighted by molar-refractivity contribution is -0.144. The van der Waals surface area contributed by atoms with Crippen molar-refractivity contribution in [3.05, 3.63) is 58.5 Å². The first-order valence-electron chi connectivity index (χ1n) is 13.8. The van der Waals surface area contributed by atoms with Crippen LogP contribution in [0.1, 0.15) is 29.5 Å². The lowest BCUT2D eigenvalue weighted by atomic mass is 9.85. The molecule has 2 aliphatic heterocycles. The number of benzene rings is 2. The van der Waals surface area contributed by atoms with Gasteiger partial charge in [-0.3, -0.25) is 9.69 Å². The maximum absolute atomic E-state index is 11.7. The molecule has 1 aliphatic carbocycles. The van der Waals surface area contributed by atoms with Gasteiger partial charge in [0.05, 0.1) is 24.8 Å². The molecule has 1 aromatic heterocycles. The second kappa shape index (κ2) is 11.2. The van der Waals surface area contributed by atoms with Gasteiger partial charge in [-0.2, -0.15) is 0 Å². The minimum absolute atomic E-state index is 0.198. The number of anilines is 2. The van der Waals surface area contributed by atoms with Gasteiger partial charge in [-0.25, -0.2) is 4.98 Å². The van der Waals surface area contributed by atoms with E-state index in [1.807, 2.05) is 23.6 Å². The maximum Gasteiger partial charge on any atom is 0.307 e. The first-order valence-corrected chi connectivity index (χ1v) is 14.7. The van der Waals surface area contributed by atoms with Crippen molar-refractivity contribution in [3.8, 4) is 17.0 Å². The van der Waals surface area contributed by atoms with Crippen molar-refractivity contribution in [2.45, 2.75) is 32.9 Å². The number of fused-ring (bicyclic) bond motifs is 2. The van der Waals surface area contributed by atoms with Gasteiger partial charge in [0.15, 0.2) is 5.13 Å². The van der Waals surface area contributed by atoms with Gasteiger partial charge in [-0.1, -0.05) is 18.2 Å². The number of carboxylic acids is 1. The lowest BCUT2D eigenvalue weighted by Crippen LogP contribution is -2.44. The highest BCUT2D eigenvalue weighted by atomic mass is 32.1. The molecular formula is C30H36N4O4S. The van der Waals surface area contributed by atoms with Crippen molar-refractivity contribution in [3.63, 3.8) is 0 Å². The summed E-state index contributed by atoms with van der Waals surface area (Å²) in [5, 5.41) is 12.6. The number of nitrogens with zero attached hydrogens (tertiary/aromatic N) is 3. The minimum atomic E-state index is -0.648. The number of carboxylic acid groups (broad SMARTS) is 1. The minimum Gasteiger partial charge on any atom is -0.488 e. The molecule has 206 valence electrons. The molecule has 3 fully saturated rings. The Labute approximate surface area is 233 Å². The molecule has 1 saturated carbocycles. The fraction of sp³-hybridized carbons (Fsp3) is 0.467. The van der Waals surface area contributed by atoms with E-state index in [1.165, 1.54) is 11.1 Å². The van der Waals surface area contributed by atoms with Crippen LogP contribution in [-0.2, 0) is 22.7 Å². The van der Waals surface area contributed by atoms with Gasteiger partial charge in [0.2, 0.25) is 0 Å². The number of aryl methyl sites for hydroxylation is 1. The lowest BCUT2D eigenvalue weighted by Gasteiger charge is -2.35. The number of nitrogen functional groups attached to an aromatic ring is 1. The first kappa shape index (κ1) is 26.1. The number of rotatable bonds is 8. The standard InChI is InChI=1S/C30H36N4O4S/c1-19-12-20(14-33-8-10-37-11-9-33)2-3-23(19)17-38-27-7-6-24(31)13-25(27)26-18-39-30(32-26)34-15-21-4-5-22(16-34)28(21)29(35)36/h2-3,6-7,12-13,18,21-22,28H,4-5,8-11,14-17,31H2,1H3,(H,35,36). The summed E-state index contributed by atoms with van der Waals surface area (Å²) in [5.74, 6) is 0.284. The number of piperidine rings is 1. The van der Waals surface area contributed by atoms with E-state index in [-0.39, 0.29) is 17.8 Å². The average Bonchev–Trinajstić information content (AvgIpc) is 3.52. The molecule has 2 unspecified atom stereocenters. The van der Waals surface area contributed by atoms with Crippen molar-refractivity contribution in [1.29, 1.82) is 0 Å². The molecule has 0 radical (unpaired) electrons. The highest BCUT2D eigenvalue weighted by Gasteiger charge is 2.46. The fourth-order valence-corrected chi connectivity index (χ4v) is 7.23. The van der Waals surface area contributed by atoms with Gasteiger partial charge in [-0.05, 0) is 66.5 Å². The van der Waals surface area contributed by atoms with Gasteiger partial charge in [0.1, 0.15) is 12.4 Å². The van der Waals surface area contributed by atoms with Crippen molar-refractivity contribution >= 4 is 28.1 Å². The van der Waals surface area contributed by atoms with Crippen LogP contribution in [-0.4, -0.2) is 60.4 Å². The SMILES string of the molecule is Cc1cc(CN2CCOCC2)ccc1COc1ccc(N)cc1-c1csc(N2CC3CCC(C2)C3C(=O)O)n1. The van der Waals surface area contributed by atoms with Crippen molar-refractivity contribution in [1.82, 2.24) is 9.88 Å². The van der Waals surface area contributed by atoms with Crippen LogP contribution in [0.2, 0.25) is 0 Å². The number of hydrogen-bond acceptors (Lipinski definition) is 8. The second-order valence-electron chi connectivity index (χ2n) is 11.1. The molecule has 3 heterocycles. The molecule has 3 aliphatic rings. The van der Waals surface area contributed by atoms with E-state index in [2.05, 4.69) is 34.9 Å². The predicted octanol–water partition coefficient (Wildman–Crippen LogP) is 4.66. The molecule has 2 saturated heterocycles. The maximum atomic E-state index is 11.7. The summed E-state index contributed by atoms with van der Waals surface area (Å²) in [6.45, 7) is 8.60. The van der Waals surface area contributed by atoms with Gasteiger partial charge in [0.25, 0.3) is 0 Å². The first-order chi connectivity index (χ1) is 18.9. The molecule has 9 heteroatoms. The largest absolute Gasteiger partial charge is 0.488 e. The van der Waals surface area contributed by atoms with Gasteiger partial charge in [0, 0.05) is 49.4 Å². The molecule has 2 aromatic carbocycles. The molecule has 6 rings (SSSR count). The van der Waals surface area contributed by atoms with E-state index >= 15 is 0 Å². The number of ether oxygens (including phenoxy) is 2. The van der Waals surface area contributed by atoms with Crippen molar-refractivity contribution in [2.75, 3.05) is 50.0 Å². The average molecular weight is 549 g/mol. The summed E-state index contributed by atoms with van der Waals surface area (Å²) in [6, 6.07) is 12.3. The van der Waals surface area contributed by atoms with Crippen LogP contribution in [0.25, 0.3) is 11.3 Å². The zero-order chi connectivity index (χ0) is 26.9. The van der Waals surface area contributed by atoms with Gasteiger partial charge < -0.3 is 25.2 Å². The topological polar surface area (TPSA) is 101 Å². The molecule has 0 amide bonds. The molecule has 0 spiro atoms. The smallest absolute Gasteiger partial charge is 0.307 e. The predicted molar refractivity (Wildman–Crippen MR) is 153 cm³/mol. The number of nitrogens with two attached hydrogens (primary N) is 1. The molecule has 8 nitrogen and oxygen atoms in total. The number of aromatic nitrogens is 1. The molecule has 3 aromatic rings. The quantitative estimate of drug-likeness (QED) is 0.392. The van der Waals surface area contributed by atoms with Crippen molar-refractivity contribution in [2.24, 2.45) is 17.8 Å². The molecule has 2 bridgehead atoms. The summed E-state index contributed by atoms with van der Waals surface area (Å²) >= 11 is 1.60. The Morgan fingerprint density at radius 1 is 1.15 bits per heavy atom. The van der Waals surface area contributed by atoms with Gasteiger partial charge in [-0.15, -0.1) is 11.3 Å². The fourth-order valence-electron chi connectivity index (χ4n) is 6.38.